The zero-order valence-electron chi connectivity index (χ0n) is 17.6. The Morgan fingerprint density at radius 1 is 1.06 bits per heavy atom. The number of nitrogens with one attached hydrogen (secondary N) is 1. The van der Waals surface area contributed by atoms with Gasteiger partial charge in [-0.15, -0.1) is 0 Å². The van der Waals surface area contributed by atoms with Crippen molar-refractivity contribution in [1.29, 1.82) is 0 Å². The minimum Gasteiger partial charge on any atom is -0.449 e. The molecule has 6 nitrogen and oxygen atoms in total. The molecule has 0 unspecified atom stereocenters. The molecule has 6 heteroatoms. The van der Waals surface area contributed by atoms with Crippen molar-refractivity contribution in [3.8, 4) is 23.0 Å². The number of hydrogen-bond acceptors (Lipinski definition) is 4. The van der Waals surface area contributed by atoms with Crippen molar-refractivity contribution < 1.29 is 14.5 Å². The molecule has 1 N–H and O–H groups in total. The fourth-order valence-corrected chi connectivity index (χ4v) is 3.92. The maximum atomic E-state index is 12.2. The molecule has 3 aromatic rings. The number of nitro groups is 1. The summed E-state index contributed by atoms with van der Waals surface area (Å²) >= 11 is 0. The summed E-state index contributed by atoms with van der Waals surface area (Å²) in [6.45, 7) is 2.28. The first-order chi connectivity index (χ1) is 15.5. The molecule has 1 aliphatic rings. The van der Waals surface area contributed by atoms with Gasteiger partial charge in [-0.05, 0) is 35.2 Å². The maximum absolute atomic E-state index is 12.2. The van der Waals surface area contributed by atoms with Crippen molar-refractivity contribution in [3.63, 3.8) is 0 Å². The van der Waals surface area contributed by atoms with Crippen LogP contribution in [-0.2, 0) is 4.74 Å². The number of fused-ring (bicyclic) bond motifs is 3. The highest BCUT2D eigenvalue weighted by atomic mass is 16.6. The lowest BCUT2D eigenvalue weighted by Crippen LogP contribution is -2.26. The summed E-state index contributed by atoms with van der Waals surface area (Å²) < 4.78 is 5.49. The molecule has 0 saturated heterocycles. The molecular formula is C26H22N2O4. The van der Waals surface area contributed by atoms with Crippen LogP contribution >= 0.6 is 0 Å². The van der Waals surface area contributed by atoms with E-state index in [4.69, 9.17) is 4.74 Å². The van der Waals surface area contributed by atoms with Crippen molar-refractivity contribution in [2.75, 3.05) is 13.2 Å². The largest absolute Gasteiger partial charge is 0.449 e. The molecule has 0 saturated carbocycles. The average molecular weight is 426 g/mol. The average Bonchev–Trinajstić information content (AvgIpc) is 3.12. The van der Waals surface area contributed by atoms with Gasteiger partial charge in [0.15, 0.2) is 0 Å². The number of carbonyl (C=O) groups excluding carboxylic acids is 1. The minimum atomic E-state index is -0.486. The van der Waals surface area contributed by atoms with Gasteiger partial charge < -0.3 is 10.1 Å². The number of carbonyl (C=O) groups is 1. The lowest BCUT2D eigenvalue weighted by molar-refractivity contribution is -0.385. The SMILES string of the molecule is Cc1ccc(C#CCCNC(=O)OCC2c3ccccc3-c3ccccc32)cc1[N+](=O)[O-]. The van der Waals surface area contributed by atoms with E-state index < -0.39 is 11.0 Å². The van der Waals surface area contributed by atoms with Gasteiger partial charge in [-0.2, -0.15) is 0 Å². The molecule has 32 heavy (non-hydrogen) atoms. The number of alkyl carbamates (subject to hydrolysis) is 1. The van der Waals surface area contributed by atoms with E-state index in [1.807, 2.05) is 24.3 Å². The number of benzene rings is 3. The van der Waals surface area contributed by atoms with E-state index in [-0.39, 0.29) is 18.2 Å². The van der Waals surface area contributed by atoms with Crippen LogP contribution < -0.4 is 5.32 Å². The smallest absolute Gasteiger partial charge is 0.407 e. The van der Waals surface area contributed by atoms with E-state index in [0.29, 0.717) is 24.1 Å². The number of ether oxygens (including phenoxy) is 1. The van der Waals surface area contributed by atoms with Gasteiger partial charge in [-0.1, -0.05) is 66.4 Å². The quantitative estimate of drug-likeness (QED) is 0.264. The van der Waals surface area contributed by atoms with Crippen LogP contribution in [0.25, 0.3) is 11.1 Å². The number of hydrogen-bond donors (Lipinski definition) is 1. The first-order valence-corrected chi connectivity index (χ1v) is 10.4. The Hall–Kier alpha value is -4.11. The lowest BCUT2D eigenvalue weighted by Gasteiger charge is -2.14. The molecule has 1 amide bonds. The third kappa shape index (κ3) is 4.47. The summed E-state index contributed by atoms with van der Waals surface area (Å²) in [7, 11) is 0. The van der Waals surface area contributed by atoms with E-state index in [9.17, 15) is 14.9 Å². The second-order valence-corrected chi connectivity index (χ2v) is 7.56. The third-order valence-electron chi connectivity index (χ3n) is 5.50. The Morgan fingerprint density at radius 3 is 2.38 bits per heavy atom. The van der Waals surface area contributed by atoms with Crippen LogP contribution in [-0.4, -0.2) is 24.2 Å². The van der Waals surface area contributed by atoms with Crippen molar-refractivity contribution in [1.82, 2.24) is 5.32 Å². The molecule has 4 rings (SSSR count). The number of nitro benzene ring substituents is 1. The van der Waals surface area contributed by atoms with Gasteiger partial charge in [-0.25, -0.2) is 4.79 Å². The highest BCUT2D eigenvalue weighted by molar-refractivity contribution is 5.79. The zero-order chi connectivity index (χ0) is 22.5. The van der Waals surface area contributed by atoms with Gasteiger partial charge in [0.25, 0.3) is 5.69 Å². The van der Waals surface area contributed by atoms with Gasteiger partial charge in [-0.3, -0.25) is 10.1 Å². The van der Waals surface area contributed by atoms with Crippen LogP contribution in [0.1, 0.15) is 34.6 Å². The van der Waals surface area contributed by atoms with Crippen molar-refractivity contribution >= 4 is 11.8 Å². The monoisotopic (exact) mass is 426 g/mol. The van der Waals surface area contributed by atoms with E-state index in [1.54, 1.807) is 19.1 Å². The summed E-state index contributed by atoms with van der Waals surface area (Å²) in [6, 6.07) is 21.2. The fraction of sp³-hybridized carbons (Fsp3) is 0.192. The first kappa shape index (κ1) is 21.1. The summed E-state index contributed by atoms with van der Waals surface area (Å²) in [5, 5.41) is 13.7. The summed E-state index contributed by atoms with van der Waals surface area (Å²) in [5.74, 6) is 5.83. The number of aryl methyl sites for hydroxylation is 1. The summed E-state index contributed by atoms with van der Waals surface area (Å²) in [5.41, 5.74) is 5.92. The lowest BCUT2D eigenvalue weighted by atomic mass is 9.98. The van der Waals surface area contributed by atoms with E-state index >= 15 is 0 Å². The Bertz CT molecular complexity index is 1190. The number of amides is 1. The molecule has 0 aromatic heterocycles. The molecule has 0 fully saturated rings. The van der Waals surface area contributed by atoms with E-state index in [1.165, 1.54) is 28.3 Å². The molecule has 3 aromatic carbocycles. The first-order valence-electron chi connectivity index (χ1n) is 10.4. The summed E-state index contributed by atoms with van der Waals surface area (Å²) in [6.07, 6.45) is -0.0778. The third-order valence-corrected chi connectivity index (χ3v) is 5.50. The van der Waals surface area contributed by atoms with Crippen LogP contribution in [0.15, 0.2) is 66.7 Å². The van der Waals surface area contributed by atoms with Crippen LogP contribution in [0.5, 0.6) is 0 Å². The highest BCUT2D eigenvalue weighted by Crippen LogP contribution is 2.44. The molecule has 0 heterocycles. The van der Waals surface area contributed by atoms with Crippen LogP contribution in [0.2, 0.25) is 0 Å². The molecule has 1 aliphatic carbocycles. The number of rotatable bonds is 5. The van der Waals surface area contributed by atoms with Crippen molar-refractivity contribution in [3.05, 3.63) is 99.1 Å². The second kappa shape index (κ2) is 9.36. The maximum Gasteiger partial charge on any atom is 0.407 e. The minimum absolute atomic E-state index is 0.0188. The van der Waals surface area contributed by atoms with E-state index in [0.717, 1.165) is 0 Å². The second-order valence-electron chi connectivity index (χ2n) is 7.56. The van der Waals surface area contributed by atoms with Gasteiger partial charge in [0, 0.05) is 36.1 Å². The molecule has 0 radical (unpaired) electrons. The van der Waals surface area contributed by atoms with Crippen LogP contribution in [0.3, 0.4) is 0 Å². The fourth-order valence-electron chi connectivity index (χ4n) is 3.92. The molecule has 0 bridgehead atoms. The van der Waals surface area contributed by atoms with Gasteiger partial charge in [0.2, 0.25) is 0 Å². The van der Waals surface area contributed by atoms with Gasteiger partial charge >= 0.3 is 6.09 Å². The highest BCUT2D eigenvalue weighted by Gasteiger charge is 2.28. The zero-order valence-corrected chi connectivity index (χ0v) is 17.6. The summed E-state index contributed by atoms with van der Waals surface area (Å²) in [4.78, 5) is 22.8. The molecule has 0 atom stereocenters. The topological polar surface area (TPSA) is 81.5 Å². The standard InChI is InChI=1S/C26H22N2O4/c1-18-13-14-19(16-25(18)28(30)31)8-6-7-15-27-26(29)32-17-24-22-11-4-2-9-20(22)21-10-3-5-12-23(21)24/h2-5,9-14,16,24H,7,15,17H2,1H3,(H,27,29). The Balaban J connectivity index is 1.29. The molecule has 0 spiro atoms. The Kier molecular flexibility index (Phi) is 6.18. The molecular weight excluding hydrogens is 404 g/mol. The number of nitrogens with zero attached hydrogens (tertiary/aromatic N) is 1. The predicted molar refractivity (Wildman–Crippen MR) is 122 cm³/mol. The Labute approximate surface area is 186 Å². The molecule has 160 valence electrons. The van der Waals surface area contributed by atoms with Gasteiger partial charge in [0.05, 0.1) is 4.92 Å². The van der Waals surface area contributed by atoms with E-state index in [2.05, 4.69) is 41.4 Å². The van der Waals surface area contributed by atoms with Crippen molar-refractivity contribution in [2.45, 2.75) is 19.3 Å². The van der Waals surface area contributed by atoms with Crippen molar-refractivity contribution in [2.24, 2.45) is 0 Å². The van der Waals surface area contributed by atoms with Crippen LogP contribution in [0.4, 0.5) is 10.5 Å². The predicted octanol–water partition coefficient (Wildman–Crippen LogP) is 5.18. The van der Waals surface area contributed by atoms with Gasteiger partial charge in [0.1, 0.15) is 6.61 Å². The normalized spacial score (nSPS) is 11.7. The Morgan fingerprint density at radius 2 is 1.72 bits per heavy atom. The molecule has 0 aliphatic heterocycles. The van der Waals surface area contributed by atoms with Crippen LogP contribution in [0, 0.1) is 28.9 Å².